The van der Waals surface area contributed by atoms with E-state index in [1.165, 1.54) is 11.3 Å². The highest BCUT2D eigenvalue weighted by Gasteiger charge is 2.36. The molecule has 0 radical (unpaired) electrons. The molecule has 0 unspecified atom stereocenters. The first kappa shape index (κ1) is 29.6. The fraction of sp³-hybridized carbons (Fsp3) is 0.500. The second kappa shape index (κ2) is 13.4. The molecular formula is C24H35Cl2N2O4S+. The maximum absolute atomic E-state index is 12.7. The van der Waals surface area contributed by atoms with Gasteiger partial charge < -0.3 is 20.4 Å². The van der Waals surface area contributed by atoms with Crippen molar-refractivity contribution in [3.05, 3.63) is 55.7 Å². The molecule has 2 aromatic rings. The minimum absolute atomic E-state index is 0. The summed E-state index contributed by atoms with van der Waals surface area (Å²) in [5.41, 5.74) is 8.12. The van der Waals surface area contributed by atoms with Gasteiger partial charge in [0.15, 0.2) is 0 Å². The number of thiophene rings is 1. The fourth-order valence-corrected chi connectivity index (χ4v) is 6.13. The molecule has 1 aliphatic heterocycles. The Hall–Kier alpha value is -1.48. The van der Waals surface area contributed by atoms with Gasteiger partial charge in [0.25, 0.3) is 0 Å². The predicted octanol–water partition coefficient (Wildman–Crippen LogP) is 3.55. The number of carbonyl (C=O) groups is 2. The number of halogens is 2. The van der Waals surface area contributed by atoms with E-state index in [4.69, 9.17) is 17.3 Å². The van der Waals surface area contributed by atoms with Crippen LogP contribution in [-0.4, -0.2) is 59.2 Å². The number of amides is 1. The Bertz CT molecular complexity index is 923. The topological polar surface area (TPSA) is 101 Å². The predicted molar refractivity (Wildman–Crippen MR) is 136 cm³/mol. The van der Waals surface area contributed by atoms with Crippen LogP contribution in [0.3, 0.4) is 0 Å². The van der Waals surface area contributed by atoms with Gasteiger partial charge in [0.1, 0.15) is 12.3 Å². The summed E-state index contributed by atoms with van der Waals surface area (Å²) in [4.78, 5) is 26.8. The minimum Gasteiger partial charge on any atom is -0.396 e. The third-order valence-corrected chi connectivity index (χ3v) is 7.45. The maximum Gasteiger partial charge on any atom is 0.250 e. The molecule has 3 rings (SSSR count). The Labute approximate surface area is 211 Å². The van der Waals surface area contributed by atoms with Crippen molar-refractivity contribution in [3.8, 4) is 0 Å². The van der Waals surface area contributed by atoms with Gasteiger partial charge in [0.2, 0.25) is 5.91 Å². The fourth-order valence-electron chi connectivity index (χ4n) is 4.48. The zero-order chi connectivity index (χ0) is 22.4. The van der Waals surface area contributed by atoms with E-state index in [9.17, 15) is 19.8 Å². The first-order valence-electron chi connectivity index (χ1n) is 10.6. The van der Waals surface area contributed by atoms with E-state index in [0.29, 0.717) is 29.8 Å². The van der Waals surface area contributed by atoms with Gasteiger partial charge in [-0.25, -0.2) is 0 Å². The Kier molecular flexibility index (Phi) is 12.0. The van der Waals surface area contributed by atoms with Gasteiger partial charge in [-0.1, -0.05) is 31.2 Å². The van der Waals surface area contributed by atoms with E-state index in [2.05, 4.69) is 0 Å². The normalized spacial score (nSPS) is 14.0. The van der Waals surface area contributed by atoms with Crippen molar-refractivity contribution in [3.63, 3.8) is 0 Å². The Morgan fingerprint density at radius 3 is 2.21 bits per heavy atom. The van der Waals surface area contributed by atoms with Crippen molar-refractivity contribution in [2.75, 3.05) is 32.8 Å². The molecule has 0 saturated heterocycles. The summed E-state index contributed by atoms with van der Waals surface area (Å²) in [6.07, 6.45) is 2.58. The average molecular weight is 519 g/mol. The molecule has 2 heterocycles. The number of rotatable bonds is 11. The van der Waals surface area contributed by atoms with Crippen molar-refractivity contribution in [2.24, 2.45) is 5.73 Å². The van der Waals surface area contributed by atoms with Gasteiger partial charge in [-0.05, 0) is 23.3 Å². The number of aliphatic hydroxyl groups is 2. The standard InChI is InChI=1S/C23H29ClN2O4S.CH4.ClH/c24-17-5-3-16(4-6-17)13-18(29)14-20-22(23(25)30)19-7-10-26(8-1-11-27,9-2-12-28)15-21(19)31-20;;/h3-6,27-28H,1-2,7-15H2,(H-,25,30);1H4;1H/p+1. The third-order valence-electron chi connectivity index (χ3n) is 5.98. The summed E-state index contributed by atoms with van der Waals surface area (Å²) < 4.78 is 0.783. The number of Topliss-reactive ketones (excluding diaryl/α,β-unsaturated/α-hetero) is 1. The summed E-state index contributed by atoms with van der Waals surface area (Å²) in [6.45, 7) is 3.49. The largest absolute Gasteiger partial charge is 0.396 e. The molecule has 6 nitrogen and oxygen atoms in total. The van der Waals surface area contributed by atoms with Crippen LogP contribution in [0.1, 0.15) is 51.5 Å². The molecule has 0 bridgehead atoms. The Morgan fingerprint density at radius 2 is 1.67 bits per heavy atom. The highest BCUT2D eigenvalue weighted by molar-refractivity contribution is 7.12. The van der Waals surface area contributed by atoms with E-state index in [1.807, 2.05) is 12.1 Å². The van der Waals surface area contributed by atoms with Crippen LogP contribution >= 0.6 is 35.3 Å². The molecule has 1 amide bonds. The number of carbonyl (C=O) groups excluding carboxylic acids is 2. The van der Waals surface area contributed by atoms with Crippen molar-refractivity contribution in [1.82, 2.24) is 0 Å². The van der Waals surface area contributed by atoms with Gasteiger partial charge in [-0.3, -0.25) is 9.59 Å². The lowest BCUT2D eigenvalue weighted by atomic mass is 9.96. The number of aliphatic hydroxyl groups excluding tert-OH is 2. The van der Waals surface area contributed by atoms with E-state index in [-0.39, 0.29) is 51.7 Å². The lowest BCUT2D eigenvalue weighted by molar-refractivity contribution is -0.942. The van der Waals surface area contributed by atoms with Gasteiger partial charge in [0.05, 0.1) is 30.1 Å². The molecule has 1 aromatic heterocycles. The number of nitrogens with zero attached hydrogens (tertiary/aromatic N) is 1. The van der Waals surface area contributed by atoms with Crippen molar-refractivity contribution in [1.29, 1.82) is 0 Å². The molecule has 184 valence electrons. The van der Waals surface area contributed by atoms with Gasteiger partial charge in [-0.15, -0.1) is 23.7 Å². The molecular weight excluding hydrogens is 483 g/mol. The molecule has 0 spiro atoms. The lowest BCUT2D eigenvalue weighted by Crippen LogP contribution is -2.52. The van der Waals surface area contributed by atoms with Crippen LogP contribution in [0.4, 0.5) is 0 Å². The van der Waals surface area contributed by atoms with Crippen LogP contribution in [0.25, 0.3) is 0 Å². The van der Waals surface area contributed by atoms with Crippen LogP contribution in [0, 0.1) is 0 Å². The van der Waals surface area contributed by atoms with E-state index in [0.717, 1.165) is 51.5 Å². The monoisotopic (exact) mass is 517 g/mol. The summed E-state index contributed by atoms with van der Waals surface area (Å²) >= 11 is 7.43. The van der Waals surface area contributed by atoms with Crippen LogP contribution < -0.4 is 5.73 Å². The molecule has 0 atom stereocenters. The summed E-state index contributed by atoms with van der Waals surface area (Å²) in [7, 11) is 0. The van der Waals surface area contributed by atoms with Crippen molar-refractivity contribution < 1.29 is 24.3 Å². The minimum atomic E-state index is -0.475. The lowest BCUT2D eigenvalue weighted by Gasteiger charge is -2.41. The third kappa shape index (κ3) is 7.50. The number of hydrogen-bond acceptors (Lipinski definition) is 5. The average Bonchev–Trinajstić information content (AvgIpc) is 3.09. The second-order valence-electron chi connectivity index (χ2n) is 8.26. The zero-order valence-electron chi connectivity index (χ0n) is 18.0. The summed E-state index contributed by atoms with van der Waals surface area (Å²) in [6, 6.07) is 7.20. The Balaban J connectivity index is 0.00000272. The highest BCUT2D eigenvalue weighted by atomic mass is 35.5. The van der Waals surface area contributed by atoms with Gasteiger partial charge in [0, 0.05) is 55.2 Å². The summed E-state index contributed by atoms with van der Waals surface area (Å²) in [5.74, 6) is -0.442. The van der Waals surface area contributed by atoms with Gasteiger partial charge >= 0.3 is 0 Å². The van der Waals surface area contributed by atoms with Crippen molar-refractivity contribution >= 4 is 47.0 Å². The highest BCUT2D eigenvalue weighted by Crippen LogP contribution is 2.37. The number of benzene rings is 1. The number of ketones is 1. The number of primary amides is 1. The first-order valence-corrected chi connectivity index (χ1v) is 11.8. The maximum atomic E-state index is 12.7. The molecule has 9 heteroatoms. The quantitative estimate of drug-likeness (QED) is 0.396. The molecule has 0 saturated carbocycles. The number of quaternary nitrogens is 1. The van der Waals surface area contributed by atoms with E-state index in [1.54, 1.807) is 12.1 Å². The van der Waals surface area contributed by atoms with Crippen LogP contribution in [0.2, 0.25) is 5.02 Å². The van der Waals surface area contributed by atoms with Crippen molar-refractivity contribution in [2.45, 2.75) is 46.1 Å². The number of hydrogen-bond donors (Lipinski definition) is 3. The van der Waals surface area contributed by atoms with Crippen LogP contribution in [-0.2, 0) is 30.6 Å². The van der Waals surface area contributed by atoms with E-state index < -0.39 is 5.91 Å². The van der Waals surface area contributed by atoms with Gasteiger partial charge in [-0.2, -0.15) is 0 Å². The first-order chi connectivity index (χ1) is 14.9. The zero-order valence-corrected chi connectivity index (χ0v) is 20.4. The summed E-state index contributed by atoms with van der Waals surface area (Å²) in [5, 5.41) is 19.3. The molecule has 0 aliphatic carbocycles. The second-order valence-corrected chi connectivity index (χ2v) is 9.89. The Morgan fingerprint density at radius 1 is 1.06 bits per heavy atom. The molecule has 1 aliphatic rings. The van der Waals surface area contributed by atoms with Crippen LogP contribution in [0.15, 0.2) is 24.3 Å². The number of nitrogens with two attached hydrogens (primary N) is 1. The van der Waals surface area contributed by atoms with E-state index >= 15 is 0 Å². The molecule has 4 N–H and O–H groups in total. The molecule has 33 heavy (non-hydrogen) atoms. The molecule has 1 aromatic carbocycles. The smallest absolute Gasteiger partial charge is 0.250 e. The number of fused-ring (bicyclic) bond motifs is 1. The molecule has 0 fully saturated rings. The van der Waals surface area contributed by atoms with Crippen LogP contribution in [0.5, 0.6) is 0 Å². The SMILES string of the molecule is C.Cl.NC(=O)c1c(CC(=O)Cc2ccc(Cl)cc2)sc2c1CC[N+](CCCO)(CCCO)C2.